The number of amides is 1. The van der Waals surface area contributed by atoms with Gasteiger partial charge in [-0.25, -0.2) is 0 Å². The maximum Gasteiger partial charge on any atom is 0.222 e. The van der Waals surface area contributed by atoms with Crippen LogP contribution in [0.4, 0.5) is 0 Å². The number of nitrogens with zero attached hydrogens (tertiary/aromatic N) is 1. The number of hydrogen-bond acceptors (Lipinski definition) is 2. The van der Waals surface area contributed by atoms with Crippen LogP contribution in [0.1, 0.15) is 44.7 Å². The second-order valence-electron chi connectivity index (χ2n) is 5.55. The van der Waals surface area contributed by atoms with Crippen LogP contribution >= 0.6 is 0 Å². The third-order valence-corrected chi connectivity index (χ3v) is 3.48. The monoisotopic (exact) mass is 276 g/mol. The van der Waals surface area contributed by atoms with E-state index in [4.69, 9.17) is 0 Å². The Morgan fingerprint density at radius 3 is 2.60 bits per heavy atom. The average Bonchev–Trinajstić information content (AvgIpc) is 2.42. The molecular weight excluding hydrogens is 248 g/mol. The van der Waals surface area contributed by atoms with Crippen LogP contribution in [0.5, 0.6) is 0 Å². The molecule has 0 saturated heterocycles. The molecule has 0 aliphatic rings. The first-order chi connectivity index (χ1) is 9.54. The molecule has 0 bridgehead atoms. The number of nitrogens with one attached hydrogen (secondary N) is 1. The molecule has 3 heteroatoms. The van der Waals surface area contributed by atoms with Gasteiger partial charge in [-0.15, -0.1) is 0 Å². The summed E-state index contributed by atoms with van der Waals surface area (Å²) in [4.78, 5) is 14.2. The van der Waals surface area contributed by atoms with Gasteiger partial charge in [-0.1, -0.05) is 38.1 Å². The molecule has 0 heterocycles. The highest BCUT2D eigenvalue weighted by Crippen LogP contribution is 2.11. The van der Waals surface area contributed by atoms with Crippen molar-refractivity contribution in [2.75, 3.05) is 13.1 Å². The van der Waals surface area contributed by atoms with Crippen molar-refractivity contribution in [3.63, 3.8) is 0 Å². The lowest BCUT2D eigenvalue weighted by Crippen LogP contribution is -2.31. The first-order valence-electron chi connectivity index (χ1n) is 7.60. The minimum absolute atomic E-state index is 0.251. The summed E-state index contributed by atoms with van der Waals surface area (Å²) in [6, 6.07) is 8.76. The van der Waals surface area contributed by atoms with E-state index in [1.165, 1.54) is 11.1 Å². The molecule has 0 saturated carbocycles. The standard InChI is InChI=1S/C17H28N2O/c1-5-19(13-16-10-7-6-9-15(16)4)17(20)11-8-12-18-14(2)3/h6-7,9-10,14,18H,5,8,11-13H2,1-4H3. The van der Waals surface area contributed by atoms with Gasteiger partial charge >= 0.3 is 0 Å². The molecule has 0 spiro atoms. The predicted molar refractivity (Wildman–Crippen MR) is 84.6 cm³/mol. The number of aryl methyl sites for hydroxylation is 1. The Hall–Kier alpha value is -1.35. The Labute approximate surface area is 123 Å². The Bertz CT molecular complexity index is 415. The van der Waals surface area contributed by atoms with Gasteiger partial charge in [0.2, 0.25) is 5.91 Å². The van der Waals surface area contributed by atoms with Gasteiger partial charge in [0.05, 0.1) is 0 Å². The molecule has 112 valence electrons. The van der Waals surface area contributed by atoms with Gasteiger partial charge in [-0.05, 0) is 37.9 Å². The van der Waals surface area contributed by atoms with Gasteiger partial charge in [0.1, 0.15) is 0 Å². The van der Waals surface area contributed by atoms with E-state index in [2.05, 4.69) is 38.2 Å². The number of rotatable bonds is 8. The fourth-order valence-electron chi connectivity index (χ4n) is 2.16. The van der Waals surface area contributed by atoms with E-state index in [1.54, 1.807) is 0 Å². The molecule has 0 radical (unpaired) electrons. The lowest BCUT2D eigenvalue weighted by atomic mass is 10.1. The lowest BCUT2D eigenvalue weighted by molar-refractivity contribution is -0.131. The van der Waals surface area contributed by atoms with Crippen molar-refractivity contribution in [3.8, 4) is 0 Å². The number of carbonyl (C=O) groups excluding carboxylic acids is 1. The van der Waals surface area contributed by atoms with Crippen LogP contribution in [0.3, 0.4) is 0 Å². The molecular formula is C17H28N2O. The van der Waals surface area contributed by atoms with Crippen molar-refractivity contribution in [2.24, 2.45) is 0 Å². The van der Waals surface area contributed by atoms with E-state index >= 15 is 0 Å². The highest BCUT2D eigenvalue weighted by Gasteiger charge is 2.12. The average molecular weight is 276 g/mol. The molecule has 0 fully saturated rings. The van der Waals surface area contributed by atoms with Crippen molar-refractivity contribution in [1.29, 1.82) is 0 Å². The normalized spacial score (nSPS) is 10.8. The molecule has 3 nitrogen and oxygen atoms in total. The topological polar surface area (TPSA) is 32.3 Å². The van der Waals surface area contributed by atoms with Crippen molar-refractivity contribution in [2.45, 2.75) is 53.1 Å². The zero-order chi connectivity index (χ0) is 15.0. The van der Waals surface area contributed by atoms with Crippen LogP contribution in [-0.4, -0.2) is 29.9 Å². The molecule has 1 aromatic rings. The lowest BCUT2D eigenvalue weighted by Gasteiger charge is -2.22. The van der Waals surface area contributed by atoms with E-state index < -0.39 is 0 Å². The Balaban J connectivity index is 2.45. The summed E-state index contributed by atoms with van der Waals surface area (Å²) in [6.07, 6.45) is 1.53. The molecule has 1 N–H and O–H groups in total. The van der Waals surface area contributed by atoms with Crippen molar-refractivity contribution in [1.82, 2.24) is 10.2 Å². The van der Waals surface area contributed by atoms with Crippen LogP contribution in [0.15, 0.2) is 24.3 Å². The van der Waals surface area contributed by atoms with Gasteiger partial charge < -0.3 is 10.2 Å². The quantitative estimate of drug-likeness (QED) is 0.740. The molecule has 0 atom stereocenters. The van der Waals surface area contributed by atoms with Crippen molar-refractivity contribution in [3.05, 3.63) is 35.4 Å². The highest BCUT2D eigenvalue weighted by molar-refractivity contribution is 5.76. The Morgan fingerprint density at radius 2 is 2.00 bits per heavy atom. The van der Waals surface area contributed by atoms with E-state index in [-0.39, 0.29) is 5.91 Å². The summed E-state index contributed by atoms with van der Waals surface area (Å²) in [7, 11) is 0. The van der Waals surface area contributed by atoms with Crippen LogP contribution in [0.2, 0.25) is 0 Å². The van der Waals surface area contributed by atoms with Gasteiger partial charge in [-0.3, -0.25) is 4.79 Å². The zero-order valence-corrected chi connectivity index (χ0v) is 13.3. The third kappa shape index (κ3) is 5.74. The van der Waals surface area contributed by atoms with E-state index in [1.807, 2.05) is 24.0 Å². The second kappa shape index (κ2) is 8.75. The highest BCUT2D eigenvalue weighted by atomic mass is 16.2. The SMILES string of the molecule is CCN(Cc1ccccc1C)C(=O)CCCNC(C)C. The summed E-state index contributed by atoms with van der Waals surface area (Å²) < 4.78 is 0. The number of carbonyl (C=O) groups is 1. The van der Waals surface area contributed by atoms with Crippen molar-refractivity contribution < 1.29 is 4.79 Å². The van der Waals surface area contributed by atoms with Crippen LogP contribution in [0, 0.1) is 6.92 Å². The predicted octanol–water partition coefficient (Wildman–Crippen LogP) is 3.12. The Morgan fingerprint density at radius 1 is 1.30 bits per heavy atom. The smallest absolute Gasteiger partial charge is 0.222 e. The Kier molecular flexibility index (Phi) is 7.31. The molecule has 0 aliphatic heterocycles. The maximum absolute atomic E-state index is 12.2. The molecule has 1 amide bonds. The van der Waals surface area contributed by atoms with Gasteiger partial charge in [0.15, 0.2) is 0 Å². The van der Waals surface area contributed by atoms with Gasteiger partial charge in [-0.2, -0.15) is 0 Å². The van der Waals surface area contributed by atoms with E-state index in [9.17, 15) is 4.79 Å². The second-order valence-corrected chi connectivity index (χ2v) is 5.55. The van der Waals surface area contributed by atoms with Crippen LogP contribution < -0.4 is 5.32 Å². The van der Waals surface area contributed by atoms with Crippen LogP contribution in [-0.2, 0) is 11.3 Å². The first kappa shape index (κ1) is 16.7. The molecule has 20 heavy (non-hydrogen) atoms. The summed E-state index contributed by atoms with van der Waals surface area (Å²) >= 11 is 0. The molecule has 1 rings (SSSR count). The maximum atomic E-state index is 12.2. The third-order valence-electron chi connectivity index (χ3n) is 3.48. The fraction of sp³-hybridized carbons (Fsp3) is 0.588. The fourth-order valence-corrected chi connectivity index (χ4v) is 2.16. The summed E-state index contributed by atoms with van der Waals surface area (Å²) in [5, 5.41) is 3.35. The summed E-state index contributed by atoms with van der Waals surface area (Å²) in [6.45, 7) is 10.8. The number of hydrogen-bond donors (Lipinski definition) is 1. The molecule has 1 aromatic carbocycles. The molecule has 0 aliphatic carbocycles. The largest absolute Gasteiger partial charge is 0.339 e. The minimum Gasteiger partial charge on any atom is -0.339 e. The summed E-state index contributed by atoms with van der Waals surface area (Å²) in [5.41, 5.74) is 2.49. The first-order valence-corrected chi connectivity index (χ1v) is 7.60. The minimum atomic E-state index is 0.251. The number of benzene rings is 1. The summed E-state index contributed by atoms with van der Waals surface area (Å²) in [5.74, 6) is 0.251. The van der Waals surface area contributed by atoms with Gasteiger partial charge in [0.25, 0.3) is 0 Å². The molecule has 0 unspecified atom stereocenters. The van der Waals surface area contributed by atoms with Crippen molar-refractivity contribution >= 4 is 5.91 Å². The zero-order valence-electron chi connectivity index (χ0n) is 13.3. The molecule has 0 aromatic heterocycles. The van der Waals surface area contributed by atoms with Crippen LogP contribution in [0.25, 0.3) is 0 Å². The van der Waals surface area contributed by atoms with E-state index in [0.717, 1.165) is 26.1 Å². The van der Waals surface area contributed by atoms with Gasteiger partial charge in [0, 0.05) is 25.6 Å². The van der Waals surface area contributed by atoms with E-state index in [0.29, 0.717) is 12.5 Å².